The second-order valence-corrected chi connectivity index (χ2v) is 7.50. The third-order valence-electron chi connectivity index (χ3n) is 4.88. The van der Waals surface area contributed by atoms with Gasteiger partial charge in [-0.15, -0.1) is 0 Å². The van der Waals surface area contributed by atoms with Crippen molar-refractivity contribution in [3.63, 3.8) is 0 Å². The molecule has 4 rings (SSSR count). The van der Waals surface area contributed by atoms with Crippen LogP contribution in [0.15, 0.2) is 54.6 Å². The average molecular weight is 398 g/mol. The summed E-state index contributed by atoms with van der Waals surface area (Å²) >= 11 is 12.4. The Morgan fingerprint density at radius 2 is 1.70 bits per heavy atom. The molecule has 1 aliphatic heterocycles. The molecular formula is C22H21Cl2N3. The van der Waals surface area contributed by atoms with Gasteiger partial charge in [0, 0.05) is 35.7 Å². The van der Waals surface area contributed by atoms with Crippen LogP contribution >= 0.6 is 23.2 Å². The van der Waals surface area contributed by atoms with Gasteiger partial charge in [-0.05, 0) is 59.9 Å². The van der Waals surface area contributed by atoms with Crippen LogP contribution in [-0.4, -0.2) is 13.1 Å². The van der Waals surface area contributed by atoms with E-state index < -0.39 is 0 Å². The zero-order valence-electron chi connectivity index (χ0n) is 14.9. The normalized spacial score (nSPS) is 12.6. The van der Waals surface area contributed by atoms with Crippen LogP contribution in [0.1, 0.15) is 11.1 Å². The van der Waals surface area contributed by atoms with Crippen molar-refractivity contribution in [2.24, 2.45) is 5.73 Å². The lowest BCUT2D eigenvalue weighted by Crippen LogP contribution is -2.14. The molecule has 0 bridgehead atoms. The Morgan fingerprint density at radius 3 is 2.52 bits per heavy atom. The van der Waals surface area contributed by atoms with Crippen LogP contribution in [0.3, 0.4) is 0 Å². The van der Waals surface area contributed by atoms with Gasteiger partial charge in [0.2, 0.25) is 0 Å². The summed E-state index contributed by atoms with van der Waals surface area (Å²) in [6.07, 6.45) is 1.98. The van der Waals surface area contributed by atoms with Gasteiger partial charge in [0.1, 0.15) is 0 Å². The van der Waals surface area contributed by atoms with Gasteiger partial charge in [0.05, 0.1) is 10.0 Å². The molecule has 0 aromatic heterocycles. The predicted molar refractivity (Wildman–Crippen MR) is 117 cm³/mol. The average Bonchev–Trinajstić information content (AvgIpc) is 2.86. The molecule has 0 unspecified atom stereocenters. The number of rotatable bonds is 4. The highest BCUT2D eigenvalue weighted by Gasteiger charge is 2.17. The molecule has 0 saturated heterocycles. The van der Waals surface area contributed by atoms with Crippen LogP contribution in [0.2, 0.25) is 10.0 Å². The number of aryl methyl sites for hydroxylation is 2. The molecule has 0 fully saturated rings. The molecule has 0 spiro atoms. The van der Waals surface area contributed by atoms with Crippen molar-refractivity contribution in [3.8, 4) is 11.1 Å². The lowest BCUT2D eigenvalue weighted by Gasteiger charge is -2.18. The lowest BCUT2D eigenvalue weighted by atomic mass is 9.97. The highest BCUT2D eigenvalue weighted by molar-refractivity contribution is 6.42. The molecule has 3 aromatic carbocycles. The van der Waals surface area contributed by atoms with Crippen LogP contribution < -0.4 is 16.4 Å². The van der Waals surface area contributed by atoms with Crippen LogP contribution in [0, 0.1) is 0 Å². The van der Waals surface area contributed by atoms with E-state index in [0.717, 1.165) is 35.3 Å². The molecule has 1 aliphatic rings. The molecule has 138 valence electrons. The van der Waals surface area contributed by atoms with E-state index in [0.29, 0.717) is 23.1 Å². The smallest absolute Gasteiger partial charge is 0.0598 e. The first-order valence-corrected chi connectivity index (χ1v) is 9.82. The summed E-state index contributed by atoms with van der Waals surface area (Å²) in [6.45, 7) is 1.26. The number of benzene rings is 3. The van der Waals surface area contributed by atoms with E-state index in [9.17, 15) is 0 Å². The molecule has 27 heavy (non-hydrogen) atoms. The fourth-order valence-corrected chi connectivity index (χ4v) is 3.80. The van der Waals surface area contributed by atoms with Crippen LogP contribution in [0.5, 0.6) is 0 Å². The quantitative estimate of drug-likeness (QED) is 0.515. The van der Waals surface area contributed by atoms with E-state index in [1.807, 2.05) is 18.2 Å². The monoisotopic (exact) mass is 397 g/mol. The van der Waals surface area contributed by atoms with E-state index in [1.54, 1.807) is 0 Å². The molecule has 1 heterocycles. The number of hydrogen-bond donors (Lipinski definition) is 3. The van der Waals surface area contributed by atoms with Crippen molar-refractivity contribution in [1.29, 1.82) is 0 Å². The first-order chi connectivity index (χ1) is 13.2. The van der Waals surface area contributed by atoms with Gasteiger partial charge in [-0.3, -0.25) is 0 Å². The summed E-state index contributed by atoms with van der Waals surface area (Å²) in [5.74, 6) is 0. The summed E-state index contributed by atoms with van der Waals surface area (Å²) in [5.41, 5.74) is 13.8. The number of para-hydroxylation sites is 1. The minimum atomic E-state index is 0.555. The summed E-state index contributed by atoms with van der Waals surface area (Å²) < 4.78 is 0. The standard InChI is InChI=1S/C22H21Cl2N3/c23-18-8-7-15(12-19(18)24)17-11-16-6-5-14-3-1-2-4-20(14)27-21(16)13-22(17)26-10-9-25/h1-4,7-8,11-13,26-27H,5-6,9-10,25H2. The maximum Gasteiger partial charge on any atom is 0.0598 e. The molecule has 0 amide bonds. The molecule has 3 nitrogen and oxygen atoms in total. The molecule has 0 radical (unpaired) electrons. The highest BCUT2D eigenvalue weighted by Crippen LogP contribution is 2.39. The van der Waals surface area contributed by atoms with E-state index >= 15 is 0 Å². The Balaban J connectivity index is 1.81. The molecule has 3 aromatic rings. The molecule has 4 N–H and O–H groups in total. The number of hydrogen-bond acceptors (Lipinski definition) is 3. The fraction of sp³-hybridized carbons (Fsp3) is 0.182. The van der Waals surface area contributed by atoms with Crippen LogP contribution in [0.25, 0.3) is 11.1 Å². The van der Waals surface area contributed by atoms with Crippen LogP contribution in [-0.2, 0) is 12.8 Å². The highest BCUT2D eigenvalue weighted by atomic mass is 35.5. The maximum atomic E-state index is 6.27. The number of nitrogens with one attached hydrogen (secondary N) is 2. The number of fused-ring (bicyclic) bond motifs is 2. The predicted octanol–water partition coefficient (Wildman–Crippen LogP) is 5.87. The Morgan fingerprint density at radius 1 is 0.889 bits per heavy atom. The van der Waals surface area contributed by atoms with Gasteiger partial charge in [0.15, 0.2) is 0 Å². The molecule has 5 heteroatoms. The maximum absolute atomic E-state index is 6.27. The molecule has 0 atom stereocenters. The largest absolute Gasteiger partial charge is 0.383 e. The third-order valence-corrected chi connectivity index (χ3v) is 5.62. The fourth-order valence-electron chi connectivity index (χ4n) is 3.50. The minimum Gasteiger partial charge on any atom is -0.383 e. The Kier molecular flexibility index (Phi) is 5.26. The van der Waals surface area contributed by atoms with Crippen molar-refractivity contribution in [3.05, 3.63) is 75.8 Å². The van der Waals surface area contributed by atoms with Crippen LogP contribution in [0.4, 0.5) is 17.1 Å². The zero-order valence-corrected chi connectivity index (χ0v) is 16.4. The Bertz CT molecular complexity index is 985. The van der Waals surface area contributed by atoms with Crippen molar-refractivity contribution >= 4 is 40.3 Å². The number of nitrogens with two attached hydrogens (primary N) is 1. The van der Waals surface area contributed by atoms with Crippen molar-refractivity contribution in [1.82, 2.24) is 0 Å². The van der Waals surface area contributed by atoms with Crippen molar-refractivity contribution in [2.75, 3.05) is 23.7 Å². The van der Waals surface area contributed by atoms with Gasteiger partial charge in [-0.1, -0.05) is 47.5 Å². The lowest BCUT2D eigenvalue weighted by molar-refractivity contribution is 0.977. The second kappa shape index (κ2) is 7.81. The van der Waals surface area contributed by atoms with Gasteiger partial charge in [-0.25, -0.2) is 0 Å². The Labute approximate surface area is 169 Å². The van der Waals surface area contributed by atoms with Gasteiger partial charge in [-0.2, -0.15) is 0 Å². The summed E-state index contributed by atoms with van der Waals surface area (Å²) in [4.78, 5) is 0. The van der Waals surface area contributed by atoms with Gasteiger partial charge in [0.25, 0.3) is 0 Å². The summed E-state index contributed by atoms with van der Waals surface area (Å²) in [7, 11) is 0. The molecule has 0 aliphatic carbocycles. The topological polar surface area (TPSA) is 50.1 Å². The number of halogens is 2. The van der Waals surface area contributed by atoms with E-state index in [-0.39, 0.29) is 0 Å². The van der Waals surface area contributed by atoms with Crippen molar-refractivity contribution in [2.45, 2.75) is 12.8 Å². The van der Waals surface area contributed by atoms with Gasteiger partial charge >= 0.3 is 0 Å². The second-order valence-electron chi connectivity index (χ2n) is 6.68. The first kappa shape index (κ1) is 18.2. The summed E-state index contributed by atoms with van der Waals surface area (Å²) in [6, 6.07) is 18.6. The Hall–Kier alpha value is -2.20. The third kappa shape index (κ3) is 3.77. The van der Waals surface area contributed by atoms with E-state index in [2.05, 4.69) is 47.0 Å². The molecular weight excluding hydrogens is 377 g/mol. The molecule has 0 saturated carbocycles. The van der Waals surface area contributed by atoms with Gasteiger partial charge < -0.3 is 16.4 Å². The summed E-state index contributed by atoms with van der Waals surface area (Å²) in [5, 5.41) is 8.16. The SMILES string of the molecule is NCCNc1cc2c(cc1-c1ccc(Cl)c(Cl)c1)CCc1ccccc1N2. The van der Waals surface area contributed by atoms with E-state index in [1.165, 1.54) is 16.8 Å². The van der Waals surface area contributed by atoms with Crippen molar-refractivity contribution < 1.29 is 0 Å². The number of anilines is 3. The van der Waals surface area contributed by atoms with E-state index in [4.69, 9.17) is 28.9 Å². The first-order valence-electron chi connectivity index (χ1n) is 9.07. The minimum absolute atomic E-state index is 0.555. The zero-order chi connectivity index (χ0) is 18.8.